The van der Waals surface area contributed by atoms with Crippen LogP contribution in [-0.4, -0.2) is 18.3 Å². The van der Waals surface area contributed by atoms with Crippen LogP contribution in [0, 0.1) is 0 Å². The van der Waals surface area contributed by atoms with Crippen LogP contribution >= 0.6 is 0 Å². The predicted molar refractivity (Wildman–Crippen MR) is 320 cm³/mol. The summed E-state index contributed by atoms with van der Waals surface area (Å²) in [4.78, 5) is 0. The zero-order chi connectivity index (χ0) is 49.8. The monoisotopic (exact) mass is 966 g/mol. The van der Waals surface area contributed by atoms with Crippen LogP contribution in [0.5, 0.6) is 0 Å². The Bertz CT molecular complexity index is 4960. The Hall–Kier alpha value is -10.2. The highest BCUT2D eigenvalue weighted by molar-refractivity contribution is 6.16. The molecule has 0 fully saturated rings. The molecule has 0 aliphatic rings. The van der Waals surface area contributed by atoms with Gasteiger partial charge in [0.2, 0.25) is 0 Å². The van der Waals surface area contributed by atoms with E-state index in [-0.39, 0.29) is 0 Å². The van der Waals surface area contributed by atoms with Crippen LogP contribution in [0.1, 0.15) is 0 Å². The molecule has 4 nitrogen and oxygen atoms in total. The molecule has 16 rings (SSSR count). The Morgan fingerprint density at radius 1 is 0.145 bits per heavy atom. The van der Waals surface area contributed by atoms with Gasteiger partial charge in [-0.1, -0.05) is 158 Å². The van der Waals surface area contributed by atoms with Crippen LogP contribution in [0.15, 0.2) is 279 Å². The van der Waals surface area contributed by atoms with Crippen molar-refractivity contribution in [3.05, 3.63) is 279 Å². The Morgan fingerprint density at radius 3 is 0.724 bits per heavy atom. The number of hydrogen-bond donors (Lipinski definition) is 0. The largest absolute Gasteiger partial charge is 0.309 e. The summed E-state index contributed by atoms with van der Waals surface area (Å²) in [7, 11) is 0. The number of para-hydroxylation sites is 6. The lowest BCUT2D eigenvalue weighted by Crippen LogP contribution is -1.94. The van der Waals surface area contributed by atoms with Crippen molar-refractivity contribution in [3.8, 4) is 56.1 Å². The second-order valence-electron chi connectivity index (χ2n) is 20.1. The van der Waals surface area contributed by atoms with Gasteiger partial charge in [-0.2, -0.15) is 0 Å². The summed E-state index contributed by atoms with van der Waals surface area (Å²) < 4.78 is 9.64. The van der Waals surface area contributed by atoms with E-state index < -0.39 is 0 Å². The molecule has 0 spiro atoms. The smallest absolute Gasteiger partial charge is 0.0547 e. The van der Waals surface area contributed by atoms with Crippen LogP contribution in [0.3, 0.4) is 0 Å². The third-order valence-electron chi connectivity index (χ3n) is 15.9. The zero-order valence-electron chi connectivity index (χ0n) is 41.3. The average Bonchev–Trinajstić information content (AvgIpc) is 4.22. The molecule has 16 aromatic rings. The van der Waals surface area contributed by atoms with Crippen LogP contribution in [0.4, 0.5) is 0 Å². The normalized spacial score (nSPS) is 11.9. The van der Waals surface area contributed by atoms with E-state index in [2.05, 4.69) is 297 Å². The van der Waals surface area contributed by atoms with Gasteiger partial charge in [0, 0.05) is 65.8 Å². The second kappa shape index (κ2) is 16.7. The molecule has 0 unspecified atom stereocenters. The van der Waals surface area contributed by atoms with Crippen LogP contribution in [0.2, 0.25) is 0 Å². The van der Waals surface area contributed by atoms with E-state index in [4.69, 9.17) is 0 Å². The molecule has 0 aliphatic carbocycles. The Labute approximate surface area is 438 Å². The topological polar surface area (TPSA) is 19.7 Å². The molecule has 0 radical (unpaired) electrons. The van der Waals surface area contributed by atoms with Crippen LogP contribution < -0.4 is 0 Å². The lowest BCUT2D eigenvalue weighted by Gasteiger charge is -2.10. The van der Waals surface area contributed by atoms with E-state index in [1.54, 1.807) is 0 Å². The lowest BCUT2D eigenvalue weighted by molar-refractivity contribution is 1.18. The number of rotatable bonds is 7. The van der Waals surface area contributed by atoms with Gasteiger partial charge in [-0.15, -0.1) is 0 Å². The summed E-state index contributed by atoms with van der Waals surface area (Å²) >= 11 is 0. The minimum Gasteiger partial charge on any atom is -0.309 e. The molecule has 354 valence electrons. The first-order valence-corrected chi connectivity index (χ1v) is 26.2. The molecule has 0 N–H and O–H groups in total. The fourth-order valence-electron chi connectivity index (χ4n) is 12.5. The molecular weight excluding hydrogens is 921 g/mol. The maximum absolute atomic E-state index is 2.44. The minimum absolute atomic E-state index is 1.14. The first kappa shape index (κ1) is 42.4. The van der Waals surface area contributed by atoms with Gasteiger partial charge < -0.3 is 18.3 Å². The van der Waals surface area contributed by atoms with E-state index in [9.17, 15) is 0 Å². The highest BCUT2D eigenvalue weighted by Gasteiger charge is 2.20. The fourth-order valence-corrected chi connectivity index (χ4v) is 12.5. The molecule has 0 saturated carbocycles. The third kappa shape index (κ3) is 6.44. The van der Waals surface area contributed by atoms with Gasteiger partial charge in [0.1, 0.15) is 0 Å². The second-order valence-corrected chi connectivity index (χ2v) is 20.1. The van der Waals surface area contributed by atoms with E-state index in [0.717, 1.165) is 22.7 Å². The van der Waals surface area contributed by atoms with Crippen molar-refractivity contribution in [1.82, 2.24) is 18.3 Å². The predicted octanol–water partition coefficient (Wildman–Crippen LogP) is 19.1. The van der Waals surface area contributed by atoms with Gasteiger partial charge >= 0.3 is 0 Å². The number of fused-ring (bicyclic) bond motifs is 12. The molecule has 0 aliphatic heterocycles. The number of nitrogens with zero attached hydrogens (tertiary/aromatic N) is 4. The molecule has 0 saturated heterocycles. The fraction of sp³-hybridized carbons (Fsp3) is 0. The van der Waals surface area contributed by atoms with Gasteiger partial charge in [0.05, 0.1) is 44.1 Å². The quantitative estimate of drug-likeness (QED) is 0.152. The summed E-state index contributed by atoms with van der Waals surface area (Å²) in [5.41, 5.74) is 21.3. The van der Waals surface area contributed by atoms with Crippen molar-refractivity contribution in [2.24, 2.45) is 0 Å². The summed E-state index contributed by atoms with van der Waals surface area (Å²) in [5, 5.41) is 9.89. The highest BCUT2D eigenvalue weighted by atomic mass is 15.0. The van der Waals surface area contributed by atoms with Crippen molar-refractivity contribution in [2.45, 2.75) is 0 Å². The van der Waals surface area contributed by atoms with Gasteiger partial charge in [-0.05, 0) is 155 Å². The van der Waals surface area contributed by atoms with Crippen molar-refractivity contribution in [2.75, 3.05) is 0 Å². The van der Waals surface area contributed by atoms with Crippen molar-refractivity contribution in [1.29, 1.82) is 0 Å². The molecule has 0 amide bonds. The van der Waals surface area contributed by atoms with Crippen LogP contribution in [0.25, 0.3) is 143 Å². The first-order chi connectivity index (χ1) is 37.7. The lowest BCUT2D eigenvalue weighted by atomic mass is 9.98. The summed E-state index contributed by atoms with van der Waals surface area (Å²) in [6.07, 6.45) is 0. The van der Waals surface area contributed by atoms with Gasteiger partial charge in [0.15, 0.2) is 0 Å². The molecule has 12 aromatic carbocycles. The number of benzene rings is 12. The Kier molecular flexibility index (Phi) is 9.30. The maximum Gasteiger partial charge on any atom is 0.0547 e. The standard InChI is InChI=1S/C72H46N4/c1-5-17-53(18-6-1)73-66-28-16-14-26-58(66)61-42-49(33-37-67(61)73)52-30-36-60-62-41-47(31-38-68(62)76(72(60)46-52)56-23-11-4-12-24-56)48-32-39-69-63(43-48)64-44-50(34-40-70(64)74(69)54-19-7-2-8-20-54)51-29-35-59-57-25-13-15-27-65(57)75(71(59)45-51)55-21-9-3-10-22-55/h1-46H. The van der Waals surface area contributed by atoms with Crippen molar-refractivity contribution in [3.63, 3.8) is 0 Å². The molecule has 4 heterocycles. The molecule has 4 heteroatoms. The Balaban J connectivity index is 0.852. The SMILES string of the molecule is c1ccc(-n2c3ccccc3c3cc(-c4ccc5c6cc(-c7ccc8c(c7)c7cc(-c9ccc%10c%11ccccc%11n(-c%11ccccc%11)c%10c9)ccc7n8-c7ccccc7)ccc6n(-c6ccccc6)c5c4)ccc32)cc1. The van der Waals surface area contributed by atoms with Crippen LogP contribution in [-0.2, 0) is 0 Å². The maximum atomic E-state index is 2.44. The number of aromatic nitrogens is 4. The Morgan fingerprint density at radius 2 is 0.368 bits per heavy atom. The van der Waals surface area contributed by atoms with E-state index >= 15 is 0 Å². The summed E-state index contributed by atoms with van der Waals surface area (Å²) in [5.74, 6) is 0. The minimum atomic E-state index is 1.14. The highest BCUT2D eigenvalue weighted by Crippen LogP contribution is 2.43. The van der Waals surface area contributed by atoms with Crippen molar-refractivity contribution < 1.29 is 0 Å². The average molecular weight is 967 g/mol. The van der Waals surface area contributed by atoms with E-state index in [1.165, 1.54) is 121 Å². The van der Waals surface area contributed by atoms with Gasteiger partial charge in [-0.3, -0.25) is 0 Å². The first-order valence-electron chi connectivity index (χ1n) is 26.2. The van der Waals surface area contributed by atoms with Crippen molar-refractivity contribution >= 4 is 87.2 Å². The molecular formula is C72H46N4. The molecule has 4 aromatic heterocycles. The molecule has 0 atom stereocenters. The van der Waals surface area contributed by atoms with E-state index in [0.29, 0.717) is 0 Å². The third-order valence-corrected chi connectivity index (χ3v) is 15.9. The summed E-state index contributed by atoms with van der Waals surface area (Å²) in [6.45, 7) is 0. The summed E-state index contributed by atoms with van der Waals surface area (Å²) in [6, 6.07) is 103. The molecule has 0 bridgehead atoms. The van der Waals surface area contributed by atoms with Gasteiger partial charge in [0.25, 0.3) is 0 Å². The number of hydrogen-bond acceptors (Lipinski definition) is 0. The van der Waals surface area contributed by atoms with E-state index in [1.807, 2.05) is 0 Å². The van der Waals surface area contributed by atoms with Gasteiger partial charge in [-0.25, -0.2) is 0 Å². The molecule has 76 heavy (non-hydrogen) atoms. The zero-order valence-corrected chi connectivity index (χ0v) is 41.3.